The predicted molar refractivity (Wildman–Crippen MR) is 39.9 cm³/mol. The van der Waals surface area contributed by atoms with Crippen LogP contribution in [0, 0.1) is 0 Å². The van der Waals surface area contributed by atoms with E-state index in [0.717, 1.165) is 22.0 Å². The summed E-state index contributed by atoms with van der Waals surface area (Å²) in [6.45, 7) is 7.85. The second-order valence-corrected chi connectivity index (χ2v) is 3.15. The molecule has 8 heavy (non-hydrogen) atoms. The van der Waals surface area contributed by atoms with Gasteiger partial charge in [0.05, 0.1) is 21.7 Å². The van der Waals surface area contributed by atoms with Crippen molar-refractivity contribution in [2.45, 2.75) is 26.4 Å². The maximum absolute atomic E-state index is 5.27. The smallest absolute Gasteiger partial charge is 0.0944 e. The lowest BCUT2D eigenvalue weighted by molar-refractivity contribution is 0.148. The largest absolute Gasteiger partial charge is 0.502 e. The van der Waals surface area contributed by atoms with Crippen molar-refractivity contribution in [1.82, 2.24) is 0 Å². The van der Waals surface area contributed by atoms with Crippen molar-refractivity contribution in [2.24, 2.45) is 0 Å². The second kappa shape index (κ2) is 3.72. The van der Waals surface area contributed by atoms with Gasteiger partial charge in [0.25, 0.3) is 0 Å². The van der Waals surface area contributed by atoms with E-state index in [9.17, 15) is 0 Å². The summed E-state index contributed by atoms with van der Waals surface area (Å²) in [7, 11) is 0.955. The van der Waals surface area contributed by atoms with E-state index in [-0.39, 0.29) is 0 Å². The van der Waals surface area contributed by atoms with Crippen molar-refractivity contribution < 1.29 is 4.74 Å². The topological polar surface area (TPSA) is 9.23 Å². The Hall–Kier alpha value is -0.243. The van der Waals surface area contributed by atoms with Crippen molar-refractivity contribution in [3.05, 3.63) is 12.0 Å². The van der Waals surface area contributed by atoms with E-state index in [0.29, 0.717) is 6.10 Å². The van der Waals surface area contributed by atoms with E-state index in [1.807, 2.05) is 0 Å². The third-order valence-corrected chi connectivity index (χ3v) is 1.21. The van der Waals surface area contributed by atoms with Crippen LogP contribution in [0.25, 0.3) is 0 Å². The fourth-order valence-electron chi connectivity index (χ4n) is 0.427. The van der Waals surface area contributed by atoms with Gasteiger partial charge in [0.2, 0.25) is 0 Å². The van der Waals surface area contributed by atoms with Crippen LogP contribution in [0.2, 0.25) is 0 Å². The summed E-state index contributed by atoms with van der Waals surface area (Å²) in [5.41, 5.74) is 0. The van der Waals surface area contributed by atoms with Crippen LogP contribution >= 0.6 is 0 Å². The highest BCUT2D eigenvalue weighted by atomic mass is 28.1. The molecule has 2 heteroatoms. The van der Waals surface area contributed by atoms with E-state index in [1.165, 1.54) is 0 Å². The molecule has 1 atom stereocenters. The molecule has 0 fully saturated rings. The average molecular weight is 130 g/mol. The highest BCUT2D eigenvalue weighted by Gasteiger charge is 1.94. The Bertz CT molecular complexity index is 80.6. The zero-order chi connectivity index (χ0) is 6.57. The van der Waals surface area contributed by atoms with Gasteiger partial charge in [0, 0.05) is 0 Å². The summed E-state index contributed by atoms with van der Waals surface area (Å²) in [4.78, 5) is 0. The lowest BCUT2D eigenvalue weighted by Gasteiger charge is -2.10. The van der Waals surface area contributed by atoms with Crippen molar-refractivity contribution >= 4 is 10.2 Å². The minimum absolute atomic E-state index is 0.361. The van der Waals surface area contributed by atoms with E-state index in [4.69, 9.17) is 4.74 Å². The van der Waals surface area contributed by atoms with Crippen molar-refractivity contribution in [3.8, 4) is 0 Å². The fourth-order valence-corrected chi connectivity index (χ4v) is 0.829. The Labute approximate surface area is 54.2 Å². The molecule has 0 radical (unpaired) electrons. The molecule has 0 saturated heterocycles. The van der Waals surface area contributed by atoms with Gasteiger partial charge in [-0.25, -0.2) is 0 Å². The highest BCUT2D eigenvalue weighted by Crippen LogP contribution is 1.98. The zero-order valence-electron chi connectivity index (χ0n) is 5.90. The first kappa shape index (κ1) is 7.76. The molecule has 1 unspecified atom stereocenters. The molecule has 0 aliphatic carbocycles. The fraction of sp³-hybridized carbons (Fsp3) is 0.667. The molecule has 0 aliphatic heterocycles. The summed E-state index contributed by atoms with van der Waals surface area (Å²) in [6.07, 6.45) is 1.43. The lowest BCUT2D eigenvalue weighted by Crippen LogP contribution is -2.04. The zero-order valence-corrected chi connectivity index (χ0v) is 7.90. The third kappa shape index (κ3) is 3.93. The Morgan fingerprint density at radius 2 is 2.38 bits per heavy atom. The van der Waals surface area contributed by atoms with E-state index in [2.05, 4.69) is 20.4 Å². The van der Waals surface area contributed by atoms with Crippen molar-refractivity contribution in [3.63, 3.8) is 0 Å². The van der Waals surface area contributed by atoms with Crippen LogP contribution in [-0.4, -0.2) is 16.3 Å². The maximum Gasteiger partial charge on any atom is 0.0944 e. The molecule has 0 aromatic carbocycles. The van der Waals surface area contributed by atoms with Gasteiger partial charge in [-0.1, -0.05) is 13.5 Å². The van der Waals surface area contributed by atoms with Crippen molar-refractivity contribution in [1.29, 1.82) is 0 Å². The van der Waals surface area contributed by atoms with Gasteiger partial charge < -0.3 is 4.74 Å². The lowest BCUT2D eigenvalue weighted by atomic mass is 10.3. The molecule has 0 spiro atoms. The number of hydrogen-bond donors (Lipinski definition) is 0. The first-order valence-electron chi connectivity index (χ1n) is 2.99. The van der Waals surface area contributed by atoms with Crippen LogP contribution < -0.4 is 0 Å². The first-order valence-corrected chi connectivity index (χ1v) is 3.99. The summed E-state index contributed by atoms with van der Waals surface area (Å²) in [6, 6.07) is 0. The molecule has 0 rings (SSSR count). The van der Waals surface area contributed by atoms with E-state index < -0.39 is 0 Å². The molecule has 1 nitrogen and oxygen atoms in total. The van der Waals surface area contributed by atoms with Crippen LogP contribution in [0.4, 0.5) is 0 Å². The number of rotatable bonds is 3. The molecule has 48 valence electrons. The Balaban J connectivity index is 3.24. The highest BCUT2D eigenvalue weighted by molar-refractivity contribution is 6.19. The van der Waals surface area contributed by atoms with Crippen molar-refractivity contribution in [2.75, 3.05) is 0 Å². The normalized spacial score (nSPS) is 13.2. The Morgan fingerprint density at radius 1 is 1.88 bits per heavy atom. The molecule has 0 aromatic rings. The number of hydrogen-bond acceptors (Lipinski definition) is 1. The molecule has 0 saturated carbocycles. The Morgan fingerprint density at radius 3 is 2.50 bits per heavy atom. The maximum atomic E-state index is 5.27. The van der Waals surface area contributed by atoms with Crippen LogP contribution in [-0.2, 0) is 4.74 Å². The minimum Gasteiger partial charge on any atom is -0.502 e. The summed E-state index contributed by atoms with van der Waals surface area (Å²) >= 11 is 0. The van der Waals surface area contributed by atoms with Gasteiger partial charge in [-0.3, -0.25) is 0 Å². The minimum atomic E-state index is 0.361. The molecule has 0 amide bonds. The van der Waals surface area contributed by atoms with Crippen LogP contribution in [0.5, 0.6) is 0 Å². The van der Waals surface area contributed by atoms with Crippen LogP contribution in [0.1, 0.15) is 20.3 Å². The third-order valence-electron chi connectivity index (χ3n) is 0.977. The van der Waals surface area contributed by atoms with Crippen LogP contribution in [0.15, 0.2) is 12.0 Å². The summed E-state index contributed by atoms with van der Waals surface area (Å²) in [5.74, 6) is 0. The second-order valence-electron chi connectivity index (χ2n) is 2.04. The quantitative estimate of drug-likeness (QED) is 0.402. The molecule has 0 aliphatic rings. The van der Waals surface area contributed by atoms with Gasteiger partial charge in [-0.05, 0) is 13.3 Å². The first-order chi connectivity index (χ1) is 3.66. The van der Waals surface area contributed by atoms with Gasteiger partial charge in [0.1, 0.15) is 0 Å². The standard InChI is InChI=1S/C6H14OSi/c1-4-5(2)7-6(3)8/h5H,3-4H2,1-2,8H3. The van der Waals surface area contributed by atoms with E-state index in [1.54, 1.807) is 0 Å². The molecular weight excluding hydrogens is 116 g/mol. The molecule has 0 heterocycles. The molecule has 0 N–H and O–H groups in total. The van der Waals surface area contributed by atoms with E-state index >= 15 is 0 Å². The average Bonchev–Trinajstić information content (AvgIpc) is 1.65. The monoisotopic (exact) mass is 130 g/mol. The van der Waals surface area contributed by atoms with Gasteiger partial charge in [0.15, 0.2) is 0 Å². The Kier molecular flexibility index (Phi) is 3.61. The molecule has 0 aromatic heterocycles. The summed E-state index contributed by atoms with van der Waals surface area (Å²) in [5, 5.41) is 0.944. The molecular formula is C6H14OSi. The van der Waals surface area contributed by atoms with Gasteiger partial charge >= 0.3 is 0 Å². The van der Waals surface area contributed by atoms with Gasteiger partial charge in [-0.2, -0.15) is 0 Å². The number of ether oxygens (including phenoxy) is 1. The molecule has 0 bridgehead atoms. The summed E-state index contributed by atoms with van der Waals surface area (Å²) < 4.78 is 5.27. The van der Waals surface area contributed by atoms with Gasteiger partial charge in [-0.15, -0.1) is 0 Å². The SMILES string of the molecule is C=C([SiH3])OC(C)CC. The predicted octanol–water partition coefficient (Wildman–Crippen LogP) is 0.638. The van der Waals surface area contributed by atoms with Crippen LogP contribution in [0.3, 0.4) is 0 Å².